The lowest BCUT2D eigenvalue weighted by Gasteiger charge is -2.06. The van der Waals surface area contributed by atoms with E-state index in [2.05, 4.69) is 30.9 Å². The van der Waals surface area contributed by atoms with Gasteiger partial charge in [0.05, 0.1) is 11.4 Å². The van der Waals surface area contributed by atoms with Crippen molar-refractivity contribution >= 4 is 21.9 Å². The quantitative estimate of drug-likeness (QED) is 0.782. The minimum Gasteiger partial charge on any atom is -0.368 e. The van der Waals surface area contributed by atoms with Gasteiger partial charge in [0.25, 0.3) is 0 Å². The molecule has 0 unspecified atom stereocenters. The van der Waals surface area contributed by atoms with E-state index in [9.17, 15) is 0 Å². The summed E-state index contributed by atoms with van der Waals surface area (Å²) in [6.07, 6.45) is 3.48. The van der Waals surface area contributed by atoms with Crippen molar-refractivity contribution in [3.8, 4) is 22.5 Å². The average Bonchev–Trinajstić information content (AvgIpc) is 2.47. The number of rotatable bonds is 2. The fourth-order valence-corrected chi connectivity index (χ4v) is 2.29. The van der Waals surface area contributed by atoms with Crippen LogP contribution in [-0.2, 0) is 0 Å². The summed E-state index contributed by atoms with van der Waals surface area (Å²) in [5, 5.41) is 0. The van der Waals surface area contributed by atoms with Crippen LogP contribution in [0.25, 0.3) is 22.5 Å². The van der Waals surface area contributed by atoms with Crippen molar-refractivity contribution in [1.29, 1.82) is 0 Å². The summed E-state index contributed by atoms with van der Waals surface area (Å²) in [6.45, 7) is 0. The molecular formula is C15H11BrN4. The monoisotopic (exact) mass is 326 g/mol. The first-order valence-electron chi connectivity index (χ1n) is 6.03. The maximum Gasteiger partial charge on any atom is 0.221 e. The zero-order valence-electron chi connectivity index (χ0n) is 10.5. The number of halogens is 1. The third-order valence-corrected chi connectivity index (χ3v) is 3.25. The van der Waals surface area contributed by atoms with Crippen molar-refractivity contribution < 1.29 is 0 Å². The summed E-state index contributed by atoms with van der Waals surface area (Å²) in [6, 6.07) is 13.7. The van der Waals surface area contributed by atoms with E-state index in [0.29, 0.717) is 0 Å². The molecule has 98 valence electrons. The first-order valence-corrected chi connectivity index (χ1v) is 6.82. The van der Waals surface area contributed by atoms with E-state index in [4.69, 9.17) is 5.73 Å². The fraction of sp³-hybridized carbons (Fsp3) is 0. The van der Waals surface area contributed by atoms with E-state index in [1.165, 1.54) is 0 Å². The second kappa shape index (κ2) is 5.38. The molecule has 0 radical (unpaired) electrons. The van der Waals surface area contributed by atoms with Gasteiger partial charge in [-0.1, -0.05) is 30.3 Å². The molecule has 5 heteroatoms. The van der Waals surface area contributed by atoms with Gasteiger partial charge in [-0.15, -0.1) is 0 Å². The van der Waals surface area contributed by atoms with Gasteiger partial charge < -0.3 is 5.73 Å². The van der Waals surface area contributed by atoms with Crippen LogP contribution in [0, 0.1) is 0 Å². The van der Waals surface area contributed by atoms with E-state index in [1.54, 1.807) is 12.4 Å². The first-order chi connectivity index (χ1) is 9.72. The number of benzene rings is 1. The Hall–Kier alpha value is -2.27. The third kappa shape index (κ3) is 2.67. The van der Waals surface area contributed by atoms with Crippen molar-refractivity contribution in [2.24, 2.45) is 0 Å². The average molecular weight is 327 g/mol. The van der Waals surface area contributed by atoms with Crippen LogP contribution in [0.1, 0.15) is 0 Å². The lowest BCUT2D eigenvalue weighted by Crippen LogP contribution is -1.98. The molecule has 0 aliphatic rings. The van der Waals surface area contributed by atoms with Gasteiger partial charge in [0.15, 0.2) is 0 Å². The van der Waals surface area contributed by atoms with Crippen molar-refractivity contribution in [3.05, 3.63) is 59.3 Å². The summed E-state index contributed by atoms with van der Waals surface area (Å²) in [4.78, 5) is 12.7. The fourth-order valence-electron chi connectivity index (χ4n) is 1.92. The van der Waals surface area contributed by atoms with Gasteiger partial charge in [-0.3, -0.25) is 4.98 Å². The molecule has 20 heavy (non-hydrogen) atoms. The number of pyridine rings is 1. The number of nitrogen functional groups attached to an aromatic ring is 1. The molecule has 3 aromatic rings. The Morgan fingerprint density at radius 3 is 2.25 bits per heavy atom. The number of aromatic nitrogens is 3. The highest BCUT2D eigenvalue weighted by Crippen LogP contribution is 2.25. The molecule has 4 nitrogen and oxygen atoms in total. The molecule has 2 aromatic heterocycles. The summed E-state index contributed by atoms with van der Waals surface area (Å²) in [5.41, 5.74) is 9.27. The molecule has 0 aliphatic carbocycles. The highest BCUT2D eigenvalue weighted by atomic mass is 79.9. The van der Waals surface area contributed by atoms with Crippen LogP contribution in [0.4, 0.5) is 5.95 Å². The smallest absolute Gasteiger partial charge is 0.221 e. The summed E-state index contributed by atoms with van der Waals surface area (Å²) in [5.74, 6) is 0.251. The molecule has 0 spiro atoms. The molecule has 0 amide bonds. The van der Waals surface area contributed by atoms with Crippen molar-refractivity contribution in [2.75, 3.05) is 5.73 Å². The second-order valence-electron chi connectivity index (χ2n) is 4.25. The standard InChI is InChI=1S/C15H11BrN4/c16-12-6-11(8-18-9-12)14-7-13(19-15(17)20-14)10-4-2-1-3-5-10/h1-9H,(H2,17,19,20). The van der Waals surface area contributed by atoms with Crippen LogP contribution in [-0.4, -0.2) is 15.0 Å². The van der Waals surface area contributed by atoms with Crippen LogP contribution >= 0.6 is 15.9 Å². The molecule has 2 heterocycles. The van der Waals surface area contributed by atoms with Gasteiger partial charge in [0.2, 0.25) is 5.95 Å². The van der Waals surface area contributed by atoms with Crippen molar-refractivity contribution in [2.45, 2.75) is 0 Å². The van der Waals surface area contributed by atoms with Gasteiger partial charge in [0, 0.05) is 28.0 Å². The van der Waals surface area contributed by atoms with Gasteiger partial charge in [-0.05, 0) is 28.1 Å². The van der Waals surface area contributed by atoms with Crippen LogP contribution in [0.3, 0.4) is 0 Å². The zero-order valence-corrected chi connectivity index (χ0v) is 12.1. The molecule has 0 bridgehead atoms. The lowest BCUT2D eigenvalue weighted by atomic mass is 10.1. The van der Waals surface area contributed by atoms with E-state index >= 15 is 0 Å². The Morgan fingerprint density at radius 2 is 1.55 bits per heavy atom. The van der Waals surface area contributed by atoms with E-state index in [1.807, 2.05) is 42.5 Å². The Balaban J connectivity index is 2.12. The highest BCUT2D eigenvalue weighted by Gasteiger charge is 2.07. The Kier molecular flexibility index (Phi) is 3.43. The normalized spacial score (nSPS) is 10.4. The van der Waals surface area contributed by atoms with Crippen molar-refractivity contribution in [1.82, 2.24) is 15.0 Å². The zero-order chi connectivity index (χ0) is 13.9. The van der Waals surface area contributed by atoms with Gasteiger partial charge >= 0.3 is 0 Å². The van der Waals surface area contributed by atoms with Crippen LogP contribution in [0.2, 0.25) is 0 Å². The Bertz CT molecular complexity index is 744. The number of anilines is 1. The molecule has 0 fully saturated rings. The summed E-state index contributed by atoms with van der Waals surface area (Å²) < 4.78 is 0.897. The van der Waals surface area contributed by atoms with E-state index < -0.39 is 0 Å². The SMILES string of the molecule is Nc1nc(-c2ccccc2)cc(-c2cncc(Br)c2)n1. The molecule has 3 rings (SSSR count). The number of hydrogen-bond acceptors (Lipinski definition) is 4. The van der Waals surface area contributed by atoms with Crippen LogP contribution in [0.5, 0.6) is 0 Å². The van der Waals surface area contributed by atoms with E-state index in [-0.39, 0.29) is 5.95 Å². The van der Waals surface area contributed by atoms with Gasteiger partial charge in [0.1, 0.15) is 0 Å². The molecule has 0 saturated carbocycles. The van der Waals surface area contributed by atoms with Crippen LogP contribution < -0.4 is 5.73 Å². The topological polar surface area (TPSA) is 64.7 Å². The molecule has 0 atom stereocenters. The molecule has 1 aromatic carbocycles. The Labute approximate surface area is 124 Å². The second-order valence-corrected chi connectivity index (χ2v) is 5.17. The minimum absolute atomic E-state index is 0.251. The van der Waals surface area contributed by atoms with E-state index in [0.717, 1.165) is 27.0 Å². The molecule has 0 aliphatic heterocycles. The first kappa shape index (κ1) is 12.7. The molecule has 0 saturated heterocycles. The predicted molar refractivity (Wildman–Crippen MR) is 82.8 cm³/mol. The van der Waals surface area contributed by atoms with Crippen LogP contribution in [0.15, 0.2) is 59.3 Å². The number of nitrogens with zero attached hydrogens (tertiary/aromatic N) is 3. The minimum atomic E-state index is 0.251. The number of nitrogens with two attached hydrogens (primary N) is 1. The predicted octanol–water partition coefficient (Wildman–Crippen LogP) is 3.55. The molecule has 2 N–H and O–H groups in total. The largest absolute Gasteiger partial charge is 0.368 e. The third-order valence-electron chi connectivity index (χ3n) is 2.81. The Morgan fingerprint density at radius 1 is 0.850 bits per heavy atom. The van der Waals surface area contributed by atoms with Gasteiger partial charge in [-0.2, -0.15) is 0 Å². The maximum atomic E-state index is 5.82. The lowest BCUT2D eigenvalue weighted by molar-refractivity contribution is 1.18. The molecular weight excluding hydrogens is 316 g/mol. The summed E-state index contributed by atoms with van der Waals surface area (Å²) >= 11 is 3.40. The number of hydrogen-bond donors (Lipinski definition) is 1. The maximum absolute atomic E-state index is 5.82. The highest BCUT2D eigenvalue weighted by molar-refractivity contribution is 9.10. The summed E-state index contributed by atoms with van der Waals surface area (Å²) in [7, 11) is 0. The van der Waals surface area contributed by atoms with Gasteiger partial charge in [-0.25, -0.2) is 9.97 Å². The van der Waals surface area contributed by atoms with Crippen molar-refractivity contribution in [3.63, 3.8) is 0 Å².